The van der Waals surface area contributed by atoms with Crippen LogP contribution < -0.4 is 5.73 Å². The molecule has 18 heavy (non-hydrogen) atoms. The van der Waals surface area contributed by atoms with Crippen molar-refractivity contribution < 1.29 is 9.84 Å². The number of hydrogen-bond acceptors (Lipinski definition) is 4. The minimum atomic E-state index is -0.710. The van der Waals surface area contributed by atoms with Crippen LogP contribution in [0, 0.1) is 0 Å². The van der Waals surface area contributed by atoms with Gasteiger partial charge in [0.1, 0.15) is 0 Å². The monoisotopic (exact) mass is 250 g/mol. The van der Waals surface area contributed by atoms with Gasteiger partial charge in [0.05, 0.1) is 18.8 Å². The summed E-state index contributed by atoms with van der Waals surface area (Å²) in [5, 5.41) is 9.65. The standard InChI is InChI=1S/C14H22N2O2/c1-16(13-7-8-18-9-13)10-14(15,11-17)12-5-3-2-4-6-12/h2-6,13,17H,7-11,15H2,1H3. The summed E-state index contributed by atoms with van der Waals surface area (Å²) in [5.74, 6) is 0. The van der Waals surface area contributed by atoms with Crippen LogP contribution in [-0.2, 0) is 10.3 Å². The van der Waals surface area contributed by atoms with Crippen molar-refractivity contribution in [2.75, 3.05) is 33.4 Å². The van der Waals surface area contributed by atoms with Gasteiger partial charge in [0, 0.05) is 19.2 Å². The average Bonchev–Trinajstić information content (AvgIpc) is 2.93. The molecule has 100 valence electrons. The van der Waals surface area contributed by atoms with Crippen LogP contribution in [0.25, 0.3) is 0 Å². The smallest absolute Gasteiger partial charge is 0.0772 e. The SMILES string of the molecule is CN(CC(N)(CO)c1ccccc1)C1CCOC1. The van der Waals surface area contributed by atoms with Crippen LogP contribution in [0.15, 0.2) is 30.3 Å². The maximum absolute atomic E-state index is 9.65. The van der Waals surface area contributed by atoms with Gasteiger partial charge in [-0.05, 0) is 19.0 Å². The number of aliphatic hydroxyl groups excluding tert-OH is 1. The summed E-state index contributed by atoms with van der Waals surface area (Å²) in [6.45, 7) is 2.14. The zero-order chi connectivity index (χ0) is 13.0. The van der Waals surface area contributed by atoms with E-state index in [2.05, 4.69) is 4.90 Å². The Morgan fingerprint density at radius 2 is 2.17 bits per heavy atom. The molecule has 0 bridgehead atoms. The lowest BCUT2D eigenvalue weighted by Crippen LogP contribution is -2.51. The fourth-order valence-corrected chi connectivity index (χ4v) is 2.45. The molecule has 1 saturated heterocycles. The molecule has 1 heterocycles. The van der Waals surface area contributed by atoms with Gasteiger partial charge in [-0.3, -0.25) is 4.90 Å². The summed E-state index contributed by atoms with van der Waals surface area (Å²) in [5.41, 5.74) is 6.62. The lowest BCUT2D eigenvalue weighted by Gasteiger charge is -2.35. The molecule has 2 rings (SSSR count). The van der Waals surface area contributed by atoms with E-state index in [9.17, 15) is 5.11 Å². The van der Waals surface area contributed by atoms with E-state index >= 15 is 0 Å². The third-order valence-electron chi connectivity index (χ3n) is 3.69. The highest BCUT2D eigenvalue weighted by Crippen LogP contribution is 2.21. The number of nitrogens with zero attached hydrogens (tertiary/aromatic N) is 1. The fourth-order valence-electron chi connectivity index (χ4n) is 2.45. The Labute approximate surface area is 108 Å². The number of ether oxygens (including phenoxy) is 1. The first-order chi connectivity index (χ1) is 8.65. The van der Waals surface area contributed by atoms with E-state index < -0.39 is 5.54 Å². The minimum absolute atomic E-state index is 0.0606. The summed E-state index contributed by atoms with van der Waals surface area (Å²) in [6.07, 6.45) is 1.03. The van der Waals surface area contributed by atoms with Crippen molar-refractivity contribution in [2.24, 2.45) is 5.73 Å². The van der Waals surface area contributed by atoms with Gasteiger partial charge in [-0.25, -0.2) is 0 Å². The Kier molecular flexibility index (Phi) is 4.35. The molecule has 1 aliphatic heterocycles. The van der Waals surface area contributed by atoms with E-state index in [1.807, 2.05) is 37.4 Å². The number of rotatable bonds is 5. The van der Waals surface area contributed by atoms with Gasteiger partial charge in [-0.2, -0.15) is 0 Å². The lowest BCUT2D eigenvalue weighted by atomic mass is 9.91. The van der Waals surface area contributed by atoms with Crippen LogP contribution in [0.4, 0.5) is 0 Å². The first kappa shape index (κ1) is 13.5. The van der Waals surface area contributed by atoms with Crippen LogP contribution in [0.1, 0.15) is 12.0 Å². The first-order valence-corrected chi connectivity index (χ1v) is 6.39. The molecule has 4 nitrogen and oxygen atoms in total. The highest BCUT2D eigenvalue weighted by molar-refractivity contribution is 5.24. The molecule has 3 N–H and O–H groups in total. The van der Waals surface area contributed by atoms with Gasteiger partial charge >= 0.3 is 0 Å². The molecule has 1 fully saturated rings. The summed E-state index contributed by atoms with van der Waals surface area (Å²) < 4.78 is 5.39. The molecule has 1 aromatic carbocycles. The van der Waals surface area contributed by atoms with Crippen molar-refractivity contribution in [3.8, 4) is 0 Å². The van der Waals surface area contributed by atoms with Gasteiger partial charge in [-0.1, -0.05) is 30.3 Å². The predicted octanol–water partition coefficient (Wildman–Crippen LogP) is 0.554. The zero-order valence-electron chi connectivity index (χ0n) is 10.9. The molecule has 0 saturated carbocycles. The third-order valence-corrected chi connectivity index (χ3v) is 3.69. The van der Waals surface area contributed by atoms with Crippen molar-refractivity contribution in [1.82, 2.24) is 4.90 Å². The average molecular weight is 250 g/mol. The number of nitrogens with two attached hydrogens (primary N) is 1. The molecule has 0 spiro atoms. The van der Waals surface area contributed by atoms with Gasteiger partial charge in [0.2, 0.25) is 0 Å². The van der Waals surface area contributed by atoms with Crippen LogP contribution in [0.2, 0.25) is 0 Å². The van der Waals surface area contributed by atoms with Crippen molar-refractivity contribution in [2.45, 2.75) is 18.0 Å². The van der Waals surface area contributed by atoms with Gasteiger partial charge in [-0.15, -0.1) is 0 Å². The Morgan fingerprint density at radius 3 is 2.72 bits per heavy atom. The van der Waals surface area contributed by atoms with E-state index in [4.69, 9.17) is 10.5 Å². The second-order valence-corrected chi connectivity index (χ2v) is 5.11. The molecular weight excluding hydrogens is 228 g/mol. The van der Waals surface area contributed by atoms with Crippen molar-refractivity contribution in [3.63, 3.8) is 0 Å². The molecule has 1 aliphatic rings. The van der Waals surface area contributed by atoms with E-state index in [1.165, 1.54) is 0 Å². The van der Waals surface area contributed by atoms with E-state index in [0.717, 1.165) is 25.2 Å². The third kappa shape index (κ3) is 2.90. The van der Waals surface area contributed by atoms with E-state index in [1.54, 1.807) is 0 Å². The molecule has 2 unspecified atom stereocenters. The topological polar surface area (TPSA) is 58.7 Å². The van der Waals surface area contributed by atoms with Crippen molar-refractivity contribution >= 4 is 0 Å². The summed E-state index contributed by atoms with van der Waals surface area (Å²) in [7, 11) is 2.04. The Hall–Kier alpha value is -0.940. The quantitative estimate of drug-likeness (QED) is 0.801. The van der Waals surface area contributed by atoms with Crippen LogP contribution in [0.3, 0.4) is 0 Å². The van der Waals surface area contributed by atoms with Gasteiger partial charge in [0.15, 0.2) is 0 Å². The van der Waals surface area contributed by atoms with E-state index in [-0.39, 0.29) is 6.61 Å². The Balaban J connectivity index is 2.08. The molecule has 4 heteroatoms. The molecular formula is C14H22N2O2. The van der Waals surface area contributed by atoms with E-state index in [0.29, 0.717) is 12.6 Å². The van der Waals surface area contributed by atoms with Gasteiger partial charge < -0.3 is 15.6 Å². The van der Waals surface area contributed by atoms with Crippen molar-refractivity contribution in [3.05, 3.63) is 35.9 Å². The summed E-state index contributed by atoms with van der Waals surface area (Å²) >= 11 is 0. The van der Waals surface area contributed by atoms with Crippen LogP contribution >= 0.6 is 0 Å². The van der Waals surface area contributed by atoms with Crippen LogP contribution in [-0.4, -0.2) is 49.5 Å². The Bertz CT molecular complexity index is 365. The number of hydrogen-bond donors (Lipinski definition) is 2. The highest BCUT2D eigenvalue weighted by Gasteiger charge is 2.31. The number of likely N-dealkylation sites (N-methyl/N-ethyl adjacent to an activating group) is 1. The first-order valence-electron chi connectivity index (χ1n) is 6.39. The molecule has 0 radical (unpaired) electrons. The Morgan fingerprint density at radius 1 is 1.44 bits per heavy atom. The molecule has 0 amide bonds. The maximum atomic E-state index is 9.65. The lowest BCUT2D eigenvalue weighted by molar-refractivity contribution is 0.112. The number of aliphatic hydroxyl groups is 1. The van der Waals surface area contributed by atoms with Crippen molar-refractivity contribution in [1.29, 1.82) is 0 Å². The molecule has 0 aliphatic carbocycles. The summed E-state index contributed by atoms with van der Waals surface area (Å²) in [6, 6.07) is 10.2. The normalized spacial score (nSPS) is 23.2. The zero-order valence-corrected chi connectivity index (χ0v) is 10.9. The molecule has 2 atom stereocenters. The highest BCUT2D eigenvalue weighted by atomic mass is 16.5. The molecule has 0 aromatic heterocycles. The largest absolute Gasteiger partial charge is 0.394 e. The predicted molar refractivity (Wildman–Crippen MR) is 71.2 cm³/mol. The van der Waals surface area contributed by atoms with Gasteiger partial charge in [0.25, 0.3) is 0 Å². The molecule has 1 aromatic rings. The second-order valence-electron chi connectivity index (χ2n) is 5.11. The fraction of sp³-hybridized carbons (Fsp3) is 0.571. The minimum Gasteiger partial charge on any atom is -0.394 e. The second kappa shape index (κ2) is 5.80. The maximum Gasteiger partial charge on any atom is 0.0772 e. The van der Waals surface area contributed by atoms with Crippen LogP contribution in [0.5, 0.6) is 0 Å². The number of benzene rings is 1. The summed E-state index contributed by atoms with van der Waals surface area (Å²) in [4.78, 5) is 2.19.